The number of unbranched alkanes of at least 4 members (excludes halogenated alkanes) is 2. The van der Waals surface area contributed by atoms with Crippen LogP contribution in [0.3, 0.4) is 0 Å². The molecule has 4 aromatic carbocycles. The Balaban J connectivity index is 1.49. The molecule has 174 valence electrons. The number of halogens is 4. The first-order chi connectivity index (χ1) is 16.9. The Morgan fingerprint density at radius 3 is 2.00 bits per heavy atom. The SMILES string of the molecule is CCCCCc1ccc(C#Cc2ccc(C#Cc3ccc4c(F)c(F)c(F)cc4c3)c(F)c2)cc1. The highest BCUT2D eigenvalue weighted by atomic mass is 19.2. The molecule has 0 bridgehead atoms. The summed E-state index contributed by atoms with van der Waals surface area (Å²) in [5.41, 5.74) is 3.26. The van der Waals surface area contributed by atoms with Crippen LogP contribution in [-0.2, 0) is 6.42 Å². The quantitative estimate of drug-likeness (QED) is 0.123. The molecule has 4 rings (SSSR count). The van der Waals surface area contributed by atoms with Crippen molar-refractivity contribution >= 4 is 10.8 Å². The molecule has 0 unspecified atom stereocenters. The van der Waals surface area contributed by atoms with Gasteiger partial charge in [0.05, 0.1) is 5.56 Å². The molecule has 0 spiro atoms. The minimum absolute atomic E-state index is 0.0466. The van der Waals surface area contributed by atoms with Gasteiger partial charge in [0.1, 0.15) is 5.82 Å². The summed E-state index contributed by atoms with van der Waals surface area (Å²) < 4.78 is 55.4. The third-order valence-electron chi connectivity index (χ3n) is 5.66. The molecule has 0 aliphatic carbocycles. The van der Waals surface area contributed by atoms with E-state index in [-0.39, 0.29) is 16.3 Å². The fourth-order valence-electron chi connectivity index (χ4n) is 3.69. The van der Waals surface area contributed by atoms with Crippen molar-refractivity contribution in [2.45, 2.75) is 32.6 Å². The zero-order valence-corrected chi connectivity index (χ0v) is 19.2. The van der Waals surface area contributed by atoms with Crippen molar-refractivity contribution in [3.63, 3.8) is 0 Å². The molecule has 0 saturated heterocycles. The summed E-state index contributed by atoms with van der Waals surface area (Å²) in [5, 5.41) is 0.128. The summed E-state index contributed by atoms with van der Waals surface area (Å²) in [6, 6.07) is 17.8. The minimum atomic E-state index is -1.51. The van der Waals surface area contributed by atoms with E-state index < -0.39 is 23.3 Å². The molecule has 0 nitrogen and oxygen atoms in total. The van der Waals surface area contributed by atoms with Crippen molar-refractivity contribution < 1.29 is 17.6 Å². The van der Waals surface area contributed by atoms with Crippen molar-refractivity contribution in [3.05, 3.63) is 118 Å². The van der Waals surface area contributed by atoms with Crippen LogP contribution < -0.4 is 0 Å². The molecule has 0 radical (unpaired) electrons. The van der Waals surface area contributed by atoms with E-state index >= 15 is 0 Å². The Kier molecular flexibility index (Phi) is 7.54. The molecule has 0 aromatic heterocycles. The van der Waals surface area contributed by atoms with Gasteiger partial charge in [0.25, 0.3) is 0 Å². The predicted octanol–water partition coefficient (Wildman–Crippen LogP) is 7.93. The van der Waals surface area contributed by atoms with Gasteiger partial charge in [-0.15, -0.1) is 0 Å². The van der Waals surface area contributed by atoms with Crippen molar-refractivity contribution in [2.75, 3.05) is 0 Å². The van der Waals surface area contributed by atoms with Gasteiger partial charge in [0.15, 0.2) is 17.5 Å². The third kappa shape index (κ3) is 5.92. The van der Waals surface area contributed by atoms with Gasteiger partial charge in [-0.25, -0.2) is 17.6 Å². The van der Waals surface area contributed by atoms with Crippen LogP contribution in [0.4, 0.5) is 17.6 Å². The Bertz CT molecular complexity index is 1490. The molecule has 0 N–H and O–H groups in total. The van der Waals surface area contributed by atoms with Crippen LogP contribution >= 0.6 is 0 Å². The Morgan fingerprint density at radius 1 is 0.600 bits per heavy atom. The second-order valence-electron chi connectivity index (χ2n) is 8.27. The highest BCUT2D eigenvalue weighted by Gasteiger charge is 2.13. The lowest BCUT2D eigenvalue weighted by Gasteiger charge is -2.02. The van der Waals surface area contributed by atoms with Crippen molar-refractivity contribution in [3.8, 4) is 23.7 Å². The summed E-state index contributed by atoms with van der Waals surface area (Å²) in [5.74, 6) is 6.98. The van der Waals surface area contributed by atoms with E-state index in [0.29, 0.717) is 11.1 Å². The first kappa shape index (κ1) is 24.1. The van der Waals surface area contributed by atoms with Crippen LogP contribution in [0.15, 0.2) is 66.7 Å². The maximum Gasteiger partial charge on any atom is 0.195 e. The number of aryl methyl sites for hydroxylation is 1. The van der Waals surface area contributed by atoms with E-state index in [4.69, 9.17) is 0 Å². The van der Waals surface area contributed by atoms with Crippen molar-refractivity contribution in [1.29, 1.82) is 0 Å². The topological polar surface area (TPSA) is 0 Å². The van der Waals surface area contributed by atoms with Crippen LogP contribution in [0.25, 0.3) is 10.8 Å². The third-order valence-corrected chi connectivity index (χ3v) is 5.66. The number of fused-ring (bicyclic) bond motifs is 1. The van der Waals surface area contributed by atoms with E-state index in [1.807, 2.05) is 12.1 Å². The predicted molar refractivity (Wildman–Crippen MR) is 132 cm³/mol. The number of hydrogen-bond donors (Lipinski definition) is 0. The largest absolute Gasteiger partial charge is 0.206 e. The zero-order valence-electron chi connectivity index (χ0n) is 19.2. The highest BCUT2D eigenvalue weighted by Crippen LogP contribution is 2.24. The summed E-state index contributed by atoms with van der Waals surface area (Å²) in [4.78, 5) is 0. The molecule has 0 saturated carbocycles. The summed E-state index contributed by atoms with van der Waals surface area (Å²) in [6.45, 7) is 2.18. The number of benzene rings is 4. The maximum absolute atomic E-state index is 14.6. The standard InChI is InChI=1S/C31H22F4/c1-2-3-4-5-21-6-8-22(9-7-21)10-11-24-13-16-25(28(32)19-24)15-12-23-14-17-27-26(18-23)20-29(33)31(35)30(27)34/h6-9,13-14,16-20H,2-5H2,1H3. The summed E-state index contributed by atoms with van der Waals surface area (Å²) in [6.07, 6.45) is 4.64. The maximum atomic E-state index is 14.6. The Labute approximate surface area is 202 Å². The molecular weight excluding hydrogens is 448 g/mol. The second kappa shape index (κ2) is 10.9. The number of hydrogen-bond acceptors (Lipinski definition) is 0. The van der Waals surface area contributed by atoms with Crippen molar-refractivity contribution in [2.24, 2.45) is 0 Å². The monoisotopic (exact) mass is 470 g/mol. The van der Waals surface area contributed by atoms with Crippen LogP contribution in [0, 0.1) is 47.0 Å². The molecule has 0 heterocycles. The molecule has 0 amide bonds. The van der Waals surface area contributed by atoms with Crippen LogP contribution in [0.2, 0.25) is 0 Å². The Morgan fingerprint density at radius 2 is 1.26 bits per heavy atom. The molecule has 0 aliphatic heterocycles. The minimum Gasteiger partial charge on any atom is -0.206 e. The molecule has 4 aromatic rings. The van der Waals surface area contributed by atoms with E-state index in [2.05, 4.69) is 42.7 Å². The lowest BCUT2D eigenvalue weighted by molar-refractivity contribution is 0.453. The smallest absolute Gasteiger partial charge is 0.195 e. The number of rotatable bonds is 4. The van der Waals surface area contributed by atoms with Gasteiger partial charge in [-0.05, 0) is 72.3 Å². The molecule has 0 fully saturated rings. The molecule has 35 heavy (non-hydrogen) atoms. The van der Waals surface area contributed by atoms with E-state index in [9.17, 15) is 17.6 Å². The van der Waals surface area contributed by atoms with Gasteiger partial charge in [0.2, 0.25) is 0 Å². The first-order valence-electron chi connectivity index (χ1n) is 11.4. The van der Waals surface area contributed by atoms with E-state index in [0.717, 1.165) is 18.1 Å². The zero-order chi connectivity index (χ0) is 24.8. The average Bonchev–Trinajstić information content (AvgIpc) is 2.86. The van der Waals surface area contributed by atoms with Gasteiger partial charge in [-0.3, -0.25) is 0 Å². The normalized spacial score (nSPS) is 10.4. The van der Waals surface area contributed by atoms with Crippen molar-refractivity contribution in [1.82, 2.24) is 0 Å². The van der Waals surface area contributed by atoms with Gasteiger partial charge in [0, 0.05) is 22.1 Å². The first-order valence-corrected chi connectivity index (χ1v) is 11.4. The fraction of sp³-hybridized carbons (Fsp3) is 0.161. The Hall–Kier alpha value is -4.02. The van der Waals surface area contributed by atoms with Gasteiger partial charge in [-0.1, -0.05) is 61.6 Å². The molecule has 4 heteroatoms. The van der Waals surface area contributed by atoms with Crippen LogP contribution in [0.1, 0.15) is 54.0 Å². The van der Waals surface area contributed by atoms with Gasteiger partial charge >= 0.3 is 0 Å². The van der Waals surface area contributed by atoms with Crippen LogP contribution in [-0.4, -0.2) is 0 Å². The fourth-order valence-corrected chi connectivity index (χ4v) is 3.69. The van der Waals surface area contributed by atoms with Gasteiger partial charge in [-0.2, -0.15) is 0 Å². The summed E-state index contributed by atoms with van der Waals surface area (Å²) in [7, 11) is 0. The van der Waals surface area contributed by atoms with Gasteiger partial charge < -0.3 is 0 Å². The molecule has 0 atom stereocenters. The van der Waals surface area contributed by atoms with Crippen LogP contribution in [0.5, 0.6) is 0 Å². The summed E-state index contributed by atoms with van der Waals surface area (Å²) >= 11 is 0. The molecular formula is C31H22F4. The van der Waals surface area contributed by atoms with E-state index in [1.54, 1.807) is 12.1 Å². The lowest BCUT2D eigenvalue weighted by atomic mass is 10.0. The highest BCUT2D eigenvalue weighted by molar-refractivity contribution is 5.84. The molecule has 0 aliphatic rings. The van der Waals surface area contributed by atoms with E-state index in [1.165, 1.54) is 49.1 Å². The second-order valence-corrected chi connectivity index (χ2v) is 8.27. The average molecular weight is 471 g/mol. The lowest BCUT2D eigenvalue weighted by Crippen LogP contribution is -1.92.